The molecule has 0 unspecified atom stereocenters. The predicted octanol–water partition coefficient (Wildman–Crippen LogP) is 4.79. The number of amides is 1. The maximum atomic E-state index is 12.3. The van der Waals surface area contributed by atoms with Crippen molar-refractivity contribution in [3.8, 4) is 11.3 Å². The first-order chi connectivity index (χ1) is 12.6. The van der Waals surface area contributed by atoms with Gasteiger partial charge in [-0.1, -0.05) is 37.6 Å². The van der Waals surface area contributed by atoms with E-state index in [0.29, 0.717) is 11.6 Å². The highest BCUT2D eigenvalue weighted by atomic mass is 16.1. The van der Waals surface area contributed by atoms with Crippen LogP contribution in [0.15, 0.2) is 36.4 Å². The SMILES string of the molecule is CCCCc1c(-c2ccc3ccccc3n2)c(C(N)=O)c(C)n1C1CC1. The van der Waals surface area contributed by atoms with Gasteiger partial charge in [-0.05, 0) is 44.7 Å². The Kier molecular flexibility index (Phi) is 4.27. The summed E-state index contributed by atoms with van der Waals surface area (Å²) in [6.07, 6.45) is 5.51. The van der Waals surface area contributed by atoms with E-state index in [0.717, 1.165) is 47.1 Å². The summed E-state index contributed by atoms with van der Waals surface area (Å²) in [5.41, 5.74) is 11.4. The summed E-state index contributed by atoms with van der Waals surface area (Å²) in [5, 5.41) is 1.10. The summed E-state index contributed by atoms with van der Waals surface area (Å²) in [4.78, 5) is 17.2. The Bertz CT molecular complexity index is 982. The normalized spacial score (nSPS) is 14.1. The lowest BCUT2D eigenvalue weighted by atomic mass is 10.0. The molecule has 4 rings (SSSR count). The van der Waals surface area contributed by atoms with Crippen molar-refractivity contribution in [2.24, 2.45) is 5.73 Å². The maximum absolute atomic E-state index is 12.3. The number of pyridine rings is 1. The Morgan fingerprint density at radius 2 is 2.00 bits per heavy atom. The average Bonchev–Trinajstić information content (AvgIpc) is 3.42. The van der Waals surface area contributed by atoms with Crippen LogP contribution in [-0.4, -0.2) is 15.5 Å². The minimum absolute atomic E-state index is 0.357. The number of carbonyl (C=O) groups excluding carboxylic acids is 1. The summed E-state index contributed by atoms with van der Waals surface area (Å²) in [6, 6.07) is 12.7. The zero-order valence-corrected chi connectivity index (χ0v) is 15.5. The first-order valence-corrected chi connectivity index (χ1v) is 9.51. The van der Waals surface area contributed by atoms with Crippen LogP contribution in [0.5, 0.6) is 0 Å². The van der Waals surface area contributed by atoms with Crippen LogP contribution < -0.4 is 5.73 Å². The quantitative estimate of drug-likeness (QED) is 0.697. The van der Waals surface area contributed by atoms with Crippen molar-refractivity contribution in [2.75, 3.05) is 0 Å². The molecule has 1 fully saturated rings. The van der Waals surface area contributed by atoms with Crippen LogP contribution in [0.3, 0.4) is 0 Å². The Balaban J connectivity index is 1.97. The van der Waals surface area contributed by atoms with E-state index in [1.807, 2.05) is 31.2 Å². The summed E-state index contributed by atoms with van der Waals surface area (Å²) in [6.45, 7) is 4.22. The number of nitrogens with two attached hydrogens (primary N) is 1. The third-order valence-electron chi connectivity index (χ3n) is 5.33. The molecule has 0 bridgehead atoms. The monoisotopic (exact) mass is 347 g/mol. The molecule has 4 nitrogen and oxygen atoms in total. The highest BCUT2D eigenvalue weighted by Gasteiger charge is 2.33. The van der Waals surface area contributed by atoms with Gasteiger partial charge in [0.25, 0.3) is 5.91 Å². The Morgan fingerprint density at radius 3 is 2.69 bits per heavy atom. The van der Waals surface area contributed by atoms with Gasteiger partial charge >= 0.3 is 0 Å². The molecule has 4 heteroatoms. The largest absolute Gasteiger partial charge is 0.366 e. The number of para-hydroxylation sites is 1. The van der Waals surface area contributed by atoms with Crippen molar-refractivity contribution in [3.63, 3.8) is 0 Å². The smallest absolute Gasteiger partial charge is 0.251 e. The molecule has 0 aliphatic heterocycles. The second-order valence-electron chi connectivity index (χ2n) is 7.24. The highest BCUT2D eigenvalue weighted by molar-refractivity contribution is 6.02. The fourth-order valence-corrected chi connectivity index (χ4v) is 3.97. The predicted molar refractivity (Wildman–Crippen MR) is 105 cm³/mol. The molecule has 1 amide bonds. The van der Waals surface area contributed by atoms with E-state index in [2.05, 4.69) is 23.6 Å². The lowest BCUT2D eigenvalue weighted by Gasteiger charge is -2.12. The van der Waals surface area contributed by atoms with Crippen LogP contribution in [0.1, 0.15) is 60.4 Å². The number of hydrogen-bond acceptors (Lipinski definition) is 2. The van der Waals surface area contributed by atoms with Gasteiger partial charge < -0.3 is 10.3 Å². The number of rotatable bonds is 6. The van der Waals surface area contributed by atoms with Gasteiger partial charge in [0.2, 0.25) is 0 Å². The van der Waals surface area contributed by atoms with E-state index in [1.54, 1.807) is 0 Å². The van der Waals surface area contributed by atoms with Crippen LogP contribution in [0, 0.1) is 6.92 Å². The molecule has 134 valence electrons. The summed E-state index contributed by atoms with van der Waals surface area (Å²) < 4.78 is 2.36. The minimum atomic E-state index is -0.357. The number of benzene rings is 1. The van der Waals surface area contributed by atoms with Crippen LogP contribution in [0.4, 0.5) is 0 Å². The van der Waals surface area contributed by atoms with Crippen molar-refractivity contribution >= 4 is 16.8 Å². The van der Waals surface area contributed by atoms with E-state index in [1.165, 1.54) is 18.5 Å². The van der Waals surface area contributed by atoms with E-state index in [-0.39, 0.29) is 5.91 Å². The standard InChI is InChI=1S/C22H25N3O/c1-3-4-9-19-21(18-13-10-15-7-5-6-8-17(15)24-18)20(22(23)26)14(2)25(19)16-11-12-16/h5-8,10,13,16H,3-4,9,11-12H2,1-2H3,(H2,23,26). The lowest BCUT2D eigenvalue weighted by molar-refractivity contribution is 0.1000. The van der Waals surface area contributed by atoms with Crippen molar-refractivity contribution in [1.29, 1.82) is 0 Å². The van der Waals surface area contributed by atoms with Gasteiger partial charge in [0.15, 0.2) is 0 Å². The van der Waals surface area contributed by atoms with E-state index >= 15 is 0 Å². The van der Waals surface area contributed by atoms with Crippen LogP contribution in [0.25, 0.3) is 22.2 Å². The number of carbonyl (C=O) groups is 1. The van der Waals surface area contributed by atoms with Gasteiger partial charge in [-0.3, -0.25) is 4.79 Å². The molecule has 1 saturated carbocycles. The second kappa shape index (κ2) is 6.60. The fraction of sp³-hybridized carbons (Fsp3) is 0.364. The van der Waals surface area contributed by atoms with E-state index < -0.39 is 0 Å². The van der Waals surface area contributed by atoms with Crippen LogP contribution >= 0.6 is 0 Å². The number of aromatic nitrogens is 2. The molecule has 0 radical (unpaired) electrons. The fourth-order valence-electron chi connectivity index (χ4n) is 3.97. The zero-order chi connectivity index (χ0) is 18.3. The summed E-state index contributed by atoms with van der Waals surface area (Å²) in [7, 11) is 0. The van der Waals surface area contributed by atoms with Gasteiger partial charge in [-0.25, -0.2) is 4.98 Å². The summed E-state index contributed by atoms with van der Waals surface area (Å²) in [5.74, 6) is -0.357. The number of hydrogen-bond donors (Lipinski definition) is 1. The first kappa shape index (κ1) is 16.8. The lowest BCUT2D eigenvalue weighted by Crippen LogP contribution is -2.13. The van der Waals surface area contributed by atoms with Gasteiger partial charge in [0, 0.05) is 28.4 Å². The number of primary amides is 1. The first-order valence-electron chi connectivity index (χ1n) is 9.51. The molecule has 1 aliphatic carbocycles. The van der Waals surface area contributed by atoms with Crippen LogP contribution in [0.2, 0.25) is 0 Å². The van der Waals surface area contributed by atoms with Crippen LogP contribution in [-0.2, 0) is 6.42 Å². The molecule has 1 aromatic carbocycles. The third kappa shape index (κ3) is 2.79. The maximum Gasteiger partial charge on any atom is 0.251 e. The molecule has 2 aromatic heterocycles. The topological polar surface area (TPSA) is 60.9 Å². The van der Waals surface area contributed by atoms with Crippen molar-refractivity contribution < 1.29 is 4.79 Å². The molecular formula is C22H25N3O. The number of unbranched alkanes of at least 4 members (excludes halogenated alkanes) is 1. The minimum Gasteiger partial charge on any atom is -0.366 e. The number of fused-ring (bicyclic) bond motifs is 1. The van der Waals surface area contributed by atoms with Crippen molar-refractivity contribution in [2.45, 2.75) is 52.0 Å². The van der Waals surface area contributed by atoms with Gasteiger partial charge in [0.1, 0.15) is 0 Å². The molecule has 0 atom stereocenters. The molecule has 3 aromatic rings. The molecule has 2 heterocycles. The highest BCUT2D eigenvalue weighted by Crippen LogP contribution is 2.43. The third-order valence-corrected chi connectivity index (χ3v) is 5.33. The van der Waals surface area contributed by atoms with Gasteiger partial charge in [0.05, 0.1) is 16.8 Å². The Hall–Kier alpha value is -2.62. The van der Waals surface area contributed by atoms with Gasteiger partial charge in [-0.2, -0.15) is 0 Å². The molecule has 26 heavy (non-hydrogen) atoms. The van der Waals surface area contributed by atoms with E-state index in [4.69, 9.17) is 10.7 Å². The van der Waals surface area contributed by atoms with Crippen molar-refractivity contribution in [1.82, 2.24) is 9.55 Å². The average molecular weight is 347 g/mol. The Labute approximate surface area is 154 Å². The Morgan fingerprint density at radius 1 is 1.23 bits per heavy atom. The molecule has 1 aliphatic rings. The van der Waals surface area contributed by atoms with E-state index in [9.17, 15) is 4.79 Å². The molecular weight excluding hydrogens is 322 g/mol. The van der Waals surface area contributed by atoms with Crippen molar-refractivity contribution in [3.05, 3.63) is 53.3 Å². The summed E-state index contributed by atoms with van der Waals surface area (Å²) >= 11 is 0. The zero-order valence-electron chi connectivity index (χ0n) is 15.5. The molecule has 2 N–H and O–H groups in total. The molecule has 0 saturated heterocycles. The number of nitrogens with zero attached hydrogens (tertiary/aromatic N) is 2. The molecule has 0 spiro atoms. The second-order valence-corrected chi connectivity index (χ2v) is 7.24. The van der Waals surface area contributed by atoms with Gasteiger partial charge in [-0.15, -0.1) is 0 Å².